The highest BCUT2D eigenvalue weighted by Crippen LogP contribution is 2.35. The SMILES string of the molecule is CNC(Cc1ccc(Br)cn1)c1ccccc1C(F)(F)F. The van der Waals surface area contributed by atoms with Crippen molar-refractivity contribution in [2.24, 2.45) is 0 Å². The fourth-order valence-corrected chi connectivity index (χ4v) is 2.40. The predicted octanol–water partition coefficient (Wildman–Crippen LogP) is 4.37. The number of aromatic nitrogens is 1. The number of nitrogens with zero attached hydrogens (tertiary/aromatic N) is 1. The number of likely N-dealkylation sites (N-methyl/N-ethyl adjacent to an activating group) is 1. The Balaban J connectivity index is 2.32. The summed E-state index contributed by atoms with van der Waals surface area (Å²) < 4.78 is 40.1. The summed E-state index contributed by atoms with van der Waals surface area (Å²) in [7, 11) is 1.65. The van der Waals surface area contributed by atoms with Crippen molar-refractivity contribution in [1.82, 2.24) is 10.3 Å². The van der Waals surface area contributed by atoms with Gasteiger partial charge in [-0.25, -0.2) is 0 Å². The van der Waals surface area contributed by atoms with Crippen molar-refractivity contribution >= 4 is 15.9 Å². The highest BCUT2D eigenvalue weighted by atomic mass is 79.9. The fourth-order valence-electron chi connectivity index (χ4n) is 2.16. The molecule has 0 aliphatic heterocycles. The molecule has 1 heterocycles. The zero-order valence-electron chi connectivity index (χ0n) is 11.3. The van der Waals surface area contributed by atoms with Crippen molar-refractivity contribution < 1.29 is 13.2 Å². The zero-order valence-corrected chi connectivity index (χ0v) is 12.9. The minimum atomic E-state index is -4.36. The topological polar surface area (TPSA) is 24.9 Å². The normalized spacial score (nSPS) is 13.2. The van der Waals surface area contributed by atoms with Crippen molar-refractivity contribution in [3.05, 3.63) is 63.9 Å². The van der Waals surface area contributed by atoms with Gasteiger partial charge in [0, 0.05) is 28.8 Å². The van der Waals surface area contributed by atoms with E-state index in [4.69, 9.17) is 0 Å². The number of hydrogen-bond acceptors (Lipinski definition) is 2. The lowest BCUT2D eigenvalue weighted by Crippen LogP contribution is -2.23. The molecular weight excluding hydrogens is 345 g/mol. The Morgan fingerprint density at radius 3 is 2.48 bits per heavy atom. The standard InChI is InChI=1S/C15H14BrF3N2/c1-20-14(8-11-7-6-10(16)9-21-11)12-4-2-3-5-13(12)15(17,18)19/h2-7,9,14,20H,8H2,1H3. The maximum atomic E-state index is 13.1. The first-order valence-electron chi connectivity index (χ1n) is 6.35. The molecule has 112 valence electrons. The molecule has 0 radical (unpaired) electrons. The first kappa shape index (κ1) is 16.0. The highest BCUT2D eigenvalue weighted by Gasteiger charge is 2.34. The van der Waals surface area contributed by atoms with Crippen LogP contribution in [0.25, 0.3) is 0 Å². The van der Waals surface area contributed by atoms with Crippen LogP contribution >= 0.6 is 15.9 Å². The molecular formula is C15H14BrF3N2. The van der Waals surface area contributed by atoms with Crippen molar-refractivity contribution in [3.63, 3.8) is 0 Å². The molecule has 0 aliphatic rings. The molecule has 0 amide bonds. The first-order valence-corrected chi connectivity index (χ1v) is 7.15. The molecule has 1 aromatic heterocycles. The second-order valence-electron chi connectivity index (χ2n) is 4.60. The third-order valence-corrected chi connectivity index (χ3v) is 3.66. The van der Waals surface area contributed by atoms with Gasteiger partial charge in [0.1, 0.15) is 0 Å². The van der Waals surface area contributed by atoms with Crippen LogP contribution in [0.4, 0.5) is 13.2 Å². The molecule has 1 N–H and O–H groups in total. The van der Waals surface area contributed by atoms with Gasteiger partial charge in [-0.1, -0.05) is 18.2 Å². The van der Waals surface area contributed by atoms with E-state index in [1.807, 2.05) is 6.07 Å². The lowest BCUT2D eigenvalue weighted by Gasteiger charge is -2.21. The van der Waals surface area contributed by atoms with Crippen LogP contribution < -0.4 is 5.32 Å². The number of halogens is 4. The average molecular weight is 359 g/mol. The van der Waals surface area contributed by atoms with Gasteiger partial charge in [-0.05, 0) is 46.7 Å². The Bertz CT molecular complexity index is 597. The van der Waals surface area contributed by atoms with Crippen molar-refractivity contribution in [1.29, 1.82) is 0 Å². The van der Waals surface area contributed by atoms with E-state index in [1.54, 1.807) is 25.4 Å². The minimum absolute atomic E-state index is 0.234. The summed E-state index contributed by atoms with van der Waals surface area (Å²) in [6.07, 6.45) is -2.34. The van der Waals surface area contributed by atoms with Gasteiger partial charge in [-0.3, -0.25) is 4.98 Å². The molecule has 0 saturated heterocycles. The number of alkyl halides is 3. The molecule has 0 spiro atoms. The molecule has 0 aliphatic carbocycles. The predicted molar refractivity (Wildman–Crippen MR) is 78.9 cm³/mol. The Morgan fingerprint density at radius 2 is 1.90 bits per heavy atom. The van der Waals surface area contributed by atoms with Crippen LogP contribution in [0.15, 0.2) is 47.1 Å². The summed E-state index contributed by atoms with van der Waals surface area (Å²) >= 11 is 3.28. The number of benzene rings is 1. The van der Waals surface area contributed by atoms with E-state index in [9.17, 15) is 13.2 Å². The molecule has 0 bridgehead atoms. The van der Waals surface area contributed by atoms with Crippen molar-refractivity contribution in [2.75, 3.05) is 7.05 Å². The summed E-state index contributed by atoms with van der Waals surface area (Å²) in [4.78, 5) is 4.22. The zero-order chi connectivity index (χ0) is 15.5. The Hall–Kier alpha value is -1.40. The van der Waals surface area contributed by atoms with Gasteiger partial charge in [0.25, 0.3) is 0 Å². The molecule has 1 aromatic carbocycles. The Morgan fingerprint density at radius 1 is 1.19 bits per heavy atom. The number of pyridine rings is 1. The third-order valence-electron chi connectivity index (χ3n) is 3.19. The first-order chi connectivity index (χ1) is 9.91. The molecule has 2 nitrogen and oxygen atoms in total. The Labute approximate surface area is 129 Å². The van der Waals surface area contributed by atoms with E-state index in [2.05, 4.69) is 26.2 Å². The molecule has 6 heteroatoms. The van der Waals surface area contributed by atoms with E-state index in [-0.39, 0.29) is 5.56 Å². The van der Waals surface area contributed by atoms with Crippen LogP contribution in [0.5, 0.6) is 0 Å². The van der Waals surface area contributed by atoms with Crippen LogP contribution in [-0.2, 0) is 12.6 Å². The van der Waals surface area contributed by atoms with Crippen LogP contribution in [0.2, 0.25) is 0 Å². The smallest absolute Gasteiger partial charge is 0.313 e. The van der Waals surface area contributed by atoms with Crippen molar-refractivity contribution in [3.8, 4) is 0 Å². The third kappa shape index (κ3) is 4.04. The molecule has 21 heavy (non-hydrogen) atoms. The summed E-state index contributed by atoms with van der Waals surface area (Å²) in [6, 6.07) is 8.80. The number of rotatable bonds is 4. The summed E-state index contributed by atoms with van der Waals surface area (Å²) in [5.41, 5.74) is 0.355. The van der Waals surface area contributed by atoms with Gasteiger partial charge in [0.2, 0.25) is 0 Å². The number of nitrogens with one attached hydrogen (secondary N) is 1. The molecule has 0 saturated carbocycles. The second kappa shape index (κ2) is 6.58. The molecule has 2 rings (SSSR count). The van der Waals surface area contributed by atoms with Crippen LogP contribution in [0.3, 0.4) is 0 Å². The van der Waals surface area contributed by atoms with Crippen molar-refractivity contribution in [2.45, 2.75) is 18.6 Å². The monoisotopic (exact) mass is 358 g/mol. The van der Waals surface area contributed by atoms with E-state index in [0.717, 1.165) is 16.2 Å². The van der Waals surface area contributed by atoms with Gasteiger partial charge in [-0.15, -0.1) is 0 Å². The fraction of sp³-hybridized carbons (Fsp3) is 0.267. The lowest BCUT2D eigenvalue weighted by atomic mass is 9.96. The molecule has 1 unspecified atom stereocenters. The van der Waals surface area contributed by atoms with Crippen LogP contribution in [0.1, 0.15) is 22.9 Å². The van der Waals surface area contributed by atoms with E-state index in [1.165, 1.54) is 12.1 Å². The van der Waals surface area contributed by atoms with Crippen LogP contribution in [-0.4, -0.2) is 12.0 Å². The summed E-state index contributed by atoms with van der Waals surface area (Å²) in [6.45, 7) is 0. The minimum Gasteiger partial charge on any atom is -0.313 e. The second-order valence-corrected chi connectivity index (χ2v) is 5.51. The molecule has 1 atom stereocenters. The van der Waals surface area contributed by atoms with E-state index in [0.29, 0.717) is 6.42 Å². The van der Waals surface area contributed by atoms with Gasteiger partial charge >= 0.3 is 6.18 Å². The van der Waals surface area contributed by atoms with Gasteiger partial charge in [0.05, 0.1) is 5.56 Å². The van der Waals surface area contributed by atoms with Gasteiger partial charge in [-0.2, -0.15) is 13.2 Å². The van der Waals surface area contributed by atoms with E-state index >= 15 is 0 Å². The molecule has 2 aromatic rings. The Kier molecular flexibility index (Phi) is 5.00. The maximum Gasteiger partial charge on any atom is 0.416 e. The maximum absolute atomic E-state index is 13.1. The van der Waals surface area contributed by atoms with Crippen LogP contribution in [0, 0.1) is 0 Å². The quantitative estimate of drug-likeness (QED) is 0.877. The summed E-state index contributed by atoms with van der Waals surface area (Å²) in [5.74, 6) is 0. The van der Waals surface area contributed by atoms with Gasteiger partial charge < -0.3 is 5.32 Å². The highest BCUT2D eigenvalue weighted by molar-refractivity contribution is 9.10. The average Bonchev–Trinajstić information content (AvgIpc) is 2.46. The lowest BCUT2D eigenvalue weighted by molar-refractivity contribution is -0.138. The van der Waals surface area contributed by atoms with Gasteiger partial charge in [0.15, 0.2) is 0 Å². The van der Waals surface area contributed by atoms with E-state index < -0.39 is 17.8 Å². The largest absolute Gasteiger partial charge is 0.416 e. The molecule has 0 fully saturated rings. The summed E-state index contributed by atoms with van der Waals surface area (Å²) in [5, 5.41) is 2.94. The number of hydrogen-bond donors (Lipinski definition) is 1.